The minimum atomic E-state index is -0.502. The van der Waals surface area contributed by atoms with Crippen LogP contribution in [0.2, 0.25) is 0 Å². The van der Waals surface area contributed by atoms with Crippen LogP contribution in [0.5, 0.6) is 0 Å². The van der Waals surface area contributed by atoms with E-state index in [-0.39, 0.29) is 18.7 Å². The molecular weight excluding hydrogens is 268 g/mol. The van der Waals surface area contributed by atoms with E-state index in [9.17, 15) is 9.90 Å². The van der Waals surface area contributed by atoms with Gasteiger partial charge < -0.3 is 20.5 Å². The van der Waals surface area contributed by atoms with E-state index in [0.717, 1.165) is 5.56 Å². The topological polar surface area (TPSA) is 70.6 Å². The second-order valence-electron chi connectivity index (χ2n) is 6.10. The number of aliphatic hydroxyl groups is 1. The highest BCUT2D eigenvalue weighted by Gasteiger charge is 2.17. The maximum Gasteiger partial charge on any atom is 0.407 e. The number of carbonyl (C=O) groups excluding carboxylic acids is 1. The lowest BCUT2D eigenvalue weighted by atomic mass is 10.1. The van der Waals surface area contributed by atoms with Gasteiger partial charge in [0.15, 0.2) is 0 Å². The number of hydrogen-bond donors (Lipinski definition) is 3. The Labute approximate surface area is 126 Å². The maximum absolute atomic E-state index is 11.6. The molecule has 0 saturated heterocycles. The van der Waals surface area contributed by atoms with E-state index in [4.69, 9.17) is 4.74 Å². The molecule has 21 heavy (non-hydrogen) atoms. The van der Waals surface area contributed by atoms with Crippen LogP contribution in [0.3, 0.4) is 0 Å². The minimum absolute atomic E-state index is 0.000785. The fourth-order valence-corrected chi connectivity index (χ4v) is 1.89. The van der Waals surface area contributed by atoms with Crippen LogP contribution in [-0.4, -0.2) is 36.0 Å². The van der Waals surface area contributed by atoms with Crippen molar-refractivity contribution in [1.29, 1.82) is 0 Å². The monoisotopic (exact) mass is 294 g/mol. The van der Waals surface area contributed by atoms with Gasteiger partial charge in [0.2, 0.25) is 0 Å². The SMILES string of the molecule is CC(CNC(=O)OC(C)(C)C)N[C@H](CO)c1ccccc1. The largest absolute Gasteiger partial charge is 0.444 e. The molecule has 0 aromatic heterocycles. The van der Waals surface area contributed by atoms with E-state index < -0.39 is 11.7 Å². The highest BCUT2D eigenvalue weighted by atomic mass is 16.6. The van der Waals surface area contributed by atoms with E-state index in [1.165, 1.54) is 0 Å². The highest BCUT2D eigenvalue weighted by Crippen LogP contribution is 2.12. The molecule has 1 unspecified atom stereocenters. The van der Waals surface area contributed by atoms with Crippen molar-refractivity contribution in [2.24, 2.45) is 0 Å². The molecule has 1 amide bonds. The second kappa shape index (κ2) is 8.00. The van der Waals surface area contributed by atoms with E-state index in [2.05, 4.69) is 10.6 Å². The summed E-state index contributed by atoms with van der Waals surface area (Å²) >= 11 is 0. The Kier molecular flexibility index (Phi) is 6.65. The van der Waals surface area contributed by atoms with Crippen molar-refractivity contribution in [1.82, 2.24) is 10.6 Å². The fourth-order valence-electron chi connectivity index (χ4n) is 1.89. The lowest BCUT2D eigenvalue weighted by molar-refractivity contribution is 0.0522. The van der Waals surface area contributed by atoms with Crippen molar-refractivity contribution >= 4 is 6.09 Å². The van der Waals surface area contributed by atoms with Crippen molar-refractivity contribution in [3.05, 3.63) is 35.9 Å². The number of nitrogens with one attached hydrogen (secondary N) is 2. The summed E-state index contributed by atoms with van der Waals surface area (Å²) in [6.07, 6.45) is -0.434. The number of amides is 1. The van der Waals surface area contributed by atoms with Crippen LogP contribution >= 0.6 is 0 Å². The fraction of sp³-hybridized carbons (Fsp3) is 0.562. The zero-order chi connectivity index (χ0) is 15.9. The van der Waals surface area contributed by atoms with Gasteiger partial charge in [-0.3, -0.25) is 0 Å². The summed E-state index contributed by atoms with van der Waals surface area (Å²) in [5.41, 5.74) is 0.516. The number of alkyl carbamates (subject to hydrolysis) is 1. The summed E-state index contributed by atoms with van der Waals surface area (Å²) in [5, 5.41) is 15.5. The molecule has 0 aliphatic rings. The van der Waals surface area contributed by atoms with Crippen LogP contribution in [0.25, 0.3) is 0 Å². The lowest BCUT2D eigenvalue weighted by Crippen LogP contribution is -2.43. The molecule has 1 aromatic rings. The van der Waals surface area contributed by atoms with Gasteiger partial charge in [-0.1, -0.05) is 30.3 Å². The van der Waals surface area contributed by atoms with Gasteiger partial charge >= 0.3 is 6.09 Å². The Morgan fingerprint density at radius 1 is 1.29 bits per heavy atom. The van der Waals surface area contributed by atoms with Crippen molar-refractivity contribution in [2.45, 2.75) is 45.4 Å². The van der Waals surface area contributed by atoms with Gasteiger partial charge in [0, 0.05) is 12.6 Å². The van der Waals surface area contributed by atoms with Gasteiger partial charge in [0.1, 0.15) is 5.60 Å². The quantitative estimate of drug-likeness (QED) is 0.752. The van der Waals surface area contributed by atoms with Gasteiger partial charge in [-0.15, -0.1) is 0 Å². The normalized spacial score (nSPS) is 14.3. The first-order chi connectivity index (χ1) is 9.81. The van der Waals surface area contributed by atoms with Gasteiger partial charge in [-0.2, -0.15) is 0 Å². The summed E-state index contributed by atoms with van der Waals surface area (Å²) in [6, 6.07) is 9.58. The number of aliphatic hydroxyl groups excluding tert-OH is 1. The molecule has 0 bridgehead atoms. The summed E-state index contributed by atoms with van der Waals surface area (Å²) in [5.74, 6) is 0. The molecule has 5 nitrogen and oxygen atoms in total. The van der Waals surface area contributed by atoms with Crippen molar-refractivity contribution in [2.75, 3.05) is 13.2 Å². The van der Waals surface area contributed by atoms with Crippen LogP contribution in [0, 0.1) is 0 Å². The predicted molar refractivity (Wildman–Crippen MR) is 83.1 cm³/mol. The summed E-state index contributed by atoms with van der Waals surface area (Å²) in [7, 11) is 0. The smallest absolute Gasteiger partial charge is 0.407 e. The Morgan fingerprint density at radius 3 is 2.43 bits per heavy atom. The van der Waals surface area contributed by atoms with Crippen LogP contribution in [-0.2, 0) is 4.74 Å². The van der Waals surface area contributed by atoms with Crippen molar-refractivity contribution < 1.29 is 14.6 Å². The molecule has 118 valence electrons. The molecule has 0 radical (unpaired) electrons. The molecule has 3 N–H and O–H groups in total. The van der Waals surface area contributed by atoms with Crippen LogP contribution < -0.4 is 10.6 Å². The number of carbonyl (C=O) groups is 1. The second-order valence-corrected chi connectivity index (χ2v) is 6.10. The van der Waals surface area contributed by atoms with Crippen molar-refractivity contribution in [3.63, 3.8) is 0 Å². The van der Waals surface area contributed by atoms with Gasteiger partial charge in [-0.25, -0.2) is 4.79 Å². The molecule has 0 fully saturated rings. The number of hydrogen-bond acceptors (Lipinski definition) is 4. The standard InChI is InChI=1S/C16H26N2O3/c1-12(10-17-15(20)21-16(2,3)4)18-14(11-19)13-8-6-5-7-9-13/h5-9,12,14,18-19H,10-11H2,1-4H3,(H,17,20)/t12?,14-/m1/s1. The lowest BCUT2D eigenvalue weighted by Gasteiger charge is -2.24. The van der Waals surface area contributed by atoms with E-state index in [1.54, 1.807) is 0 Å². The predicted octanol–water partition coefficient (Wildman–Crippen LogP) is 2.22. The Bertz CT molecular complexity index is 429. The molecule has 0 aliphatic carbocycles. The molecule has 0 heterocycles. The first kappa shape index (κ1) is 17.5. The molecular formula is C16H26N2O3. The molecule has 1 rings (SSSR count). The summed E-state index contributed by atoms with van der Waals surface area (Å²) in [6.45, 7) is 7.85. The van der Waals surface area contributed by atoms with E-state index in [1.807, 2.05) is 58.0 Å². The molecule has 0 aliphatic heterocycles. The van der Waals surface area contributed by atoms with Crippen LogP contribution in [0.15, 0.2) is 30.3 Å². The third-order valence-electron chi connectivity index (χ3n) is 2.82. The molecule has 0 saturated carbocycles. The van der Waals surface area contributed by atoms with Crippen LogP contribution in [0.1, 0.15) is 39.3 Å². The molecule has 1 aromatic carbocycles. The third-order valence-corrected chi connectivity index (χ3v) is 2.82. The molecule has 0 spiro atoms. The van der Waals surface area contributed by atoms with Crippen molar-refractivity contribution in [3.8, 4) is 0 Å². The maximum atomic E-state index is 11.6. The average Bonchev–Trinajstić information content (AvgIpc) is 2.41. The van der Waals surface area contributed by atoms with E-state index >= 15 is 0 Å². The first-order valence-corrected chi connectivity index (χ1v) is 7.20. The Morgan fingerprint density at radius 2 is 1.90 bits per heavy atom. The minimum Gasteiger partial charge on any atom is -0.444 e. The Hall–Kier alpha value is -1.59. The number of ether oxygens (including phenoxy) is 1. The summed E-state index contributed by atoms with van der Waals surface area (Å²) < 4.78 is 5.18. The average molecular weight is 294 g/mol. The van der Waals surface area contributed by atoms with Gasteiger partial charge in [0.05, 0.1) is 12.6 Å². The van der Waals surface area contributed by atoms with Crippen LogP contribution in [0.4, 0.5) is 4.79 Å². The number of rotatable bonds is 6. The highest BCUT2D eigenvalue weighted by molar-refractivity contribution is 5.67. The molecule has 2 atom stereocenters. The first-order valence-electron chi connectivity index (χ1n) is 7.20. The summed E-state index contributed by atoms with van der Waals surface area (Å²) in [4.78, 5) is 11.6. The Balaban J connectivity index is 2.42. The zero-order valence-corrected chi connectivity index (χ0v) is 13.2. The van der Waals surface area contributed by atoms with Gasteiger partial charge in [-0.05, 0) is 33.3 Å². The van der Waals surface area contributed by atoms with E-state index in [0.29, 0.717) is 6.54 Å². The molecule has 5 heteroatoms. The van der Waals surface area contributed by atoms with Gasteiger partial charge in [0.25, 0.3) is 0 Å². The number of benzene rings is 1. The third kappa shape index (κ3) is 7.11. The zero-order valence-electron chi connectivity index (χ0n) is 13.2.